The topological polar surface area (TPSA) is 55.5 Å². The first-order valence-electron chi connectivity index (χ1n) is 7.53. The van der Waals surface area contributed by atoms with Crippen molar-refractivity contribution in [2.24, 2.45) is 0 Å². The number of fused-ring (bicyclic) bond motifs is 1. The van der Waals surface area contributed by atoms with Gasteiger partial charge in [-0.3, -0.25) is 4.98 Å². The highest BCUT2D eigenvalue weighted by atomic mass is 79.9. The van der Waals surface area contributed by atoms with E-state index in [-0.39, 0.29) is 6.10 Å². The van der Waals surface area contributed by atoms with Crippen LogP contribution in [0.3, 0.4) is 0 Å². The maximum absolute atomic E-state index is 6.10. The van der Waals surface area contributed by atoms with E-state index in [0.717, 1.165) is 46.8 Å². The van der Waals surface area contributed by atoms with Crippen LogP contribution in [-0.2, 0) is 0 Å². The van der Waals surface area contributed by atoms with Gasteiger partial charge in [0.25, 0.3) is 0 Å². The number of hydrogen-bond donors (Lipinski definition) is 0. The lowest BCUT2D eigenvalue weighted by molar-refractivity contribution is 0.223. The Balaban J connectivity index is 1.55. The Hall–Kier alpha value is -2.15. The molecule has 4 rings (SSSR count). The van der Waals surface area contributed by atoms with Crippen molar-refractivity contribution >= 4 is 27.3 Å². The molecule has 0 saturated carbocycles. The SMILES string of the molecule is Cc1cc2c(N3CCC(Oc4ccncc4Br)C3)nccn2n1. The molecule has 1 aliphatic rings. The van der Waals surface area contributed by atoms with Gasteiger partial charge >= 0.3 is 0 Å². The monoisotopic (exact) mass is 373 g/mol. The highest BCUT2D eigenvalue weighted by Crippen LogP contribution is 2.28. The zero-order chi connectivity index (χ0) is 15.8. The van der Waals surface area contributed by atoms with Crippen LogP contribution in [-0.4, -0.2) is 38.8 Å². The second-order valence-corrected chi connectivity index (χ2v) is 6.50. The minimum Gasteiger partial charge on any atom is -0.487 e. The van der Waals surface area contributed by atoms with Crippen molar-refractivity contribution in [2.75, 3.05) is 18.0 Å². The average Bonchev–Trinajstić information content (AvgIpc) is 3.14. The van der Waals surface area contributed by atoms with Crippen LogP contribution in [0.25, 0.3) is 5.52 Å². The maximum Gasteiger partial charge on any atom is 0.154 e. The average molecular weight is 374 g/mol. The number of hydrogen-bond acceptors (Lipinski definition) is 5. The molecule has 0 aliphatic carbocycles. The fourth-order valence-electron chi connectivity index (χ4n) is 2.93. The predicted octanol–water partition coefficient (Wildman–Crippen LogP) is 2.85. The van der Waals surface area contributed by atoms with Gasteiger partial charge in [0.15, 0.2) is 5.82 Å². The summed E-state index contributed by atoms with van der Waals surface area (Å²) in [6.07, 6.45) is 8.26. The maximum atomic E-state index is 6.10. The van der Waals surface area contributed by atoms with E-state index in [9.17, 15) is 0 Å². The first-order chi connectivity index (χ1) is 11.2. The molecule has 6 nitrogen and oxygen atoms in total. The molecular weight excluding hydrogens is 358 g/mol. The summed E-state index contributed by atoms with van der Waals surface area (Å²) in [5.74, 6) is 1.80. The molecule has 0 spiro atoms. The normalized spacial score (nSPS) is 17.8. The number of ether oxygens (including phenoxy) is 1. The van der Waals surface area contributed by atoms with Gasteiger partial charge < -0.3 is 9.64 Å². The zero-order valence-electron chi connectivity index (χ0n) is 12.7. The third-order valence-corrected chi connectivity index (χ3v) is 4.56. The minimum absolute atomic E-state index is 0.139. The van der Waals surface area contributed by atoms with E-state index in [1.54, 1.807) is 18.6 Å². The van der Waals surface area contributed by atoms with E-state index < -0.39 is 0 Å². The van der Waals surface area contributed by atoms with Gasteiger partial charge in [0, 0.05) is 37.8 Å². The Morgan fingerprint density at radius 1 is 1.35 bits per heavy atom. The molecular formula is C16H16BrN5O. The highest BCUT2D eigenvalue weighted by molar-refractivity contribution is 9.10. The quantitative estimate of drug-likeness (QED) is 0.706. The summed E-state index contributed by atoms with van der Waals surface area (Å²) in [7, 11) is 0. The molecule has 3 aromatic heterocycles. The Bertz CT molecular complexity index is 849. The summed E-state index contributed by atoms with van der Waals surface area (Å²) >= 11 is 3.47. The minimum atomic E-state index is 0.139. The number of nitrogens with zero attached hydrogens (tertiary/aromatic N) is 5. The van der Waals surface area contributed by atoms with Crippen molar-refractivity contribution in [3.05, 3.63) is 47.1 Å². The molecule has 23 heavy (non-hydrogen) atoms. The largest absolute Gasteiger partial charge is 0.487 e. The van der Waals surface area contributed by atoms with Gasteiger partial charge in [-0.25, -0.2) is 9.50 Å². The molecule has 118 valence electrons. The van der Waals surface area contributed by atoms with Gasteiger partial charge in [0.2, 0.25) is 0 Å². The number of halogens is 1. The fourth-order valence-corrected chi connectivity index (χ4v) is 3.27. The summed E-state index contributed by atoms with van der Waals surface area (Å²) in [5, 5.41) is 4.45. The van der Waals surface area contributed by atoms with E-state index >= 15 is 0 Å². The van der Waals surface area contributed by atoms with Gasteiger partial charge in [0.05, 0.1) is 16.7 Å². The number of aromatic nitrogens is 4. The van der Waals surface area contributed by atoms with Crippen LogP contribution in [0.15, 0.2) is 41.4 Å². The Kier molecular flexibility index (Phi) is 3.65. The fraction of sp³-hybridized carbons (Fsp3) is 0.312. The van der Waals surface area contributed by atoms with Crippen molar-refractivity contribution in [1.82, 2.24) is 19.6 Å². The van der Waals surface area contributed by atoms with E-state index in [1.807, 2.05) is 23.7 Å². The van der Waals surface area contributed by atoms with Gasteiger partial charge in [-0.2, -0.15) is 5.10 Å². The lowest BCUT2D eigenvalue weighted by atomic mass is 10.3. The standard InChI is InChI=1S/C16H16BrN5O/c1-11-8-14-16(19-5-7-22(14)20-11)21-6-3-12(10-21)23-15-2-4-18-9-13(15)17/h2,4-5,7-9,12H,3,6,10H2,1H3. The van der Waals surface area contributed by atoms with Crippen LogP contribution in [0, 0.1) is 6.92 Å². The summed E-state index contributed by atoms with van der Waals surface area (Å²) in [6, 6.07) is 3.95. The highest BCUT2D eigenvalue weighted by Gasteiger charge is 2.27. The number of pyridine rings is 1. The molecule has 0 amide bonds. The Morgan fingerprint density at radius 2 is 2.26 bits per heavy atom. The summed E-state index contributed by atoms with van der Waals surface area (Å²) in [4.78, 5) is 10.9. The van der Waals surface area contributed by atoms with Crippen molar-refractivity contribution in [1.29, 1.82) is 0 Å². The molecule has 0 bridgehead atoms. The van der Waals surface area contributed by atoms with Crippen LogP contribution in [0.1, 0.15) is 12.1 Å². The molecule has 0 N–H and O–H groups in total. The molecule has 1 fully saturated rings. The molecule has 3 aromatic rings. The van der Waals surface area contributed by atoms with Crippen LogP contribution >= 0.6 is 15.9 Å². The third-order valence-electron chi connectivity index (χ3n) is 3.97. The second-order valence-electron chi connectivity index (χ2n) is 5.65. The molecule has 1 saturated heterocycles. The van der Waals surface area contributed by atoms with Crippen LogP contribution in [0.4, 0.5) is 5.82 Å². The van der Waals surface area contributed by atoms with Crippen molar-refractivity contribution < 1.29 is 4.74 Å². The van der Waals surface area contributed by atoms with E-state index in [1.165, 1.54) is 0 Å². The second kappa shape index (κ2) is 5.81. The molecule has 0 radical (unpaired) electrons. The van der Waals surface area contributed by atoms with Crippen LogP contribution in [0.2, 0.25) is 0 Å². The van der Waals surface area contributed by atoms with Gasteiger partial charge in [-0.15, -0.1) is 0 Å². The van der Waals surface area contributed by atoms with E-state index in [0.29, 0.717) is 0 Å². The molecule has 1 unspecified atom stereocenters. The predicted molar refractivity (Wildman–Crippen MR) is 90.9 cm³/mol. The van der Waals surface area contributed by atoms with Crippen molar-refractivity contribution in [3.63, 3.8) is 0 Å². The summed E-state index contributed by atoms with van der Waals surface area (Å²) in [5.41, 5.74) is 2.03. The van der Waals surface area contributed by atoms with Crippen molar-refractivity contribution in [2.45, 2.75) is 19.4 Å². The summed E-state index contributed by atoms with van der Waals surface area (Å²) < 4.78 is 8.86. The molecule has 4 heterocycles. The lowest BCUT2D eigenvalue weighted by Gasteiger charge is -2.19. The van der Waals surface area contributed by atoms with Crippen LogP contribution < -0.4 is 9.64 Å². The lowest BCUT2D eigenvalue weighted by Crippen LogP contribution is -2.25. The van der Waals surface area contributed by atoms with Gasteiger partial charge in [-0.1, -0.05) is 0 Å². The molecule has 1 aliphatic heterocycles. The molecule has 0 aromatic carbocycles. The Morgan fingerprint density at radius 3 is 3.13 bits per heavy atom. The van der Waals surface area contributed by atoms with Gasteiger partial charge in [-0.05, 0) is 35.0 Å². The third kappa shape index (κ3) is 2.76. The number of anilines is 1. The number of rotatable bonds is 3. The van der Waals surface area contributed by atoms with Crippen LogP contribution in [0.5, 0.6) is 5.75 Å². The molecule has 1 atom stereocenters. The zero-order valence-corrected chi connectivity index (χ0v) is 14.3. The van der Waals surface area contributed by atoms with Crippen molar-refractivity contribution in [3.8, 4) is 5.75 Å². The first kappa shape index (κ1) is 14.4. The summed E-state index contributed by atoms with van der Waals surface area (Å²) in [6.45, 7) is 3.73. The smallest absolute Gasteiger partial charge is 0.154 e. The number of aryl methyl sites for hydroxylation is 1. The Labute approximate surface area is 142 Å². The van der Waals surface area contributed by atoms with E-state index in [4.69, 9.17) is 4.74 Å². The van der Waals surface area contributed by atoms with E-state index in [2.05, 4.69) is 42.0 Å². The first-order valence-corrected chi connectivity index (χ1v) is 8.32. The molecule has 7 heteroatoms. The van der Waals surface area contributed by atoms with Gasteiger partial charge in [0.1, 0.15) is 17.4 Å².